The second-order valence-corrected chi connectivity index (χ2v) is 5.64. The van der Waals surface area contributed by atoms with Gasteiger partial charge in [-0.2, -0.15) is 5.10 Å². The normalized spacial score (nSPS) is 11.1. The van der Waals surface area contributed by atoms with Crippen LogP contribution in [-0.4, -0.2) is 16.3 Å². The van der Waals surface area contributed by atoms with Crippen molar-refractivity contribution >= 4 is 23.2 Å². The molecule has 1 heterocycles. The second-order valence-electron chi connectivity index (χ2n) is 4.86. The second kappa shape index (κ2) is 6.61. The van der Waals surface area contributed by atoms with E-state index in [1.54, 1.807) is 4.68 Å². The van der Waals surface area contributed by atoms with Crippen molar-refractivity contribution in [3.63, 3.8) is 0 Å². The fourth-order valence-electron chi connectivity index (χ4n) is 2.10. The van der Waals surface area contributed by atoms with Crippen LogP contribution in [0.15, 0.2) is 18.2 Å². The molecule has 2 aromatic rings. The van der Waals surface area contributed by atoms with Crippen LogP contribution in [0.1, 0.15) is 30.3 Å². The van der Waals surface area contributed by atoms with E-state index in [0.29, 0.717) is 10.0 Å². The van der Waals surface area contributed by atoms with Gasteiger partial charge < -0.3 is 5.32 Å². The molecule has 20 heavy (non-hydrogen) atoms. The zero-order valence-corrected chi connectivity index (χ0v) is 13.5. The molecule has 1 aromatic heterocycles. The molecule has 0 amide bonds. The van der Waals surface area contributed by atoms with Gasteiger partial charge in [-0.05, 0) is 44.5 Å². The van der Waals surface area contributed by atoms with Gasteiger partial charge in [0.25, 0.3) is 0 Å². The van der Waals surface area contributed by atoms with E-state index < -0.39 is 0 Å². The van der Waals surface area contributed by atoms with Gasteiger partial charge in [0.15, 0.2) is 0 Å². The third kappa shape index (κ3) is 3.17. The average Bonchev–Trinajstić information content (AvgIpc) is 2.67. The lowest BCUT2D eigenvalue weighted by atomic mass is 10.2. The van der Waals surface area contributed by atoms with Gasteiger partial charge in [-0.3, -0.25) is 0 Å². The molecule has 1 aromatic carbocycles. The Morgan fingerprint density at radius 3 is 2.55 bits per heavy atom. The Labute approximate surface area is 129 Å². The van der Waals surface area contributed by atoms with Gasteiger partial charge in [0.05, 0.1) is 27.1 Å². The molecule has 0 unspecified atom stereocenters. The van der Waals surface area contributed by atoms with Crippen molar-refractivity contribution in [3.05, 3.63) is 45.2 Å². The molecule has 0 radical (unpaired) electrons. The van der Waals surface area contributed by atoms with Crippen LogP contribution in [-0.2, 0) is 6.54 Å². The number of hydrogen-bond donors (Lipinski definition) is 1. The number of benzene rings is 1. The fourth-order valence-corrected chi connectivity index (χ4v) is 2.50. The van der Waals surface area contributed by atoms with Gasteiger partial charge in [-0.15, -0.1) is 0 Å². The van der Waals surface area contributed by atoms with Crippen molar-refractivity contribution in [3.8, 4) is 5.69 Å². The summed E-state index contributed by atoms with van der Waals surface area (Å²) in [4.78, 5) is 0. The van der Waals surface area contributed by atoms with E-state index in [4.69, 9.17) is 23.2 Å². The Hall–Kier alpha value is -1.03. The SMILES string of the molecule is CCCNCc1ccc(-n2nc(C)c(Cl)c2C)c(Cl)c1. The van der Waals surface area contributed by atoms with Crippen LogP contribution in [0.4, 0.5) is 0 Å². The van der Waals surface area contributed by atoms with Crippen LogP contribution >= 0.6 is 23.2 Å². The Kier molecular flexibility index (Phi) is 5.08. The number of halogens is 2. The summed E-state index contributed by atoms with van der Waals surface area (Å²) in [7, 11) is 0. The van der Waals surface area contributed by atoms with Crippen molar-refractivity contribution in [2.75, 3.05) is 6.54 Å². The summed E-state index contributed by atoms with van der Waals surface area (Å²) in [6.07, 6.45) is 1.12. The fraction of sp³-hybridized carbons (Fsp3) is 0.400. The molecule has 1 N–H and O–H groups in total. The smallest absolute Gasteiger partial charge is 0.0848 e. The zero-order valence-electron chi connectivity index (χ0n) is 12.0. The van der Waals surface area contributed by atoms with Crippen LogP contribution in [0.5, 0.6) is 0 Å². The highest BCUT2D eigenvalue weighted by Crippen LogP contribution is 2.27. The Morgan fingerprint density at radius 1 is 1.25 bits per heavy atom. The predicted octanol–water partition coefficient (Wildman–Crippen LogP) is 4.30. The van der Waals surface area contributed by atoms with Crippen molar-refractivity contribution < 1.29 is 0 Å². The molecule has 0 fully saturated rings. The quantitative estimate of drug-likeness (QED) is 0.834. The summed E-state index contributed by atoms with van der Waals surface area (Å²) < 4.78 is 1.79. The third-order valence-electron chi connectivity index (χ3n) is 3.20. The minimum atomic E-state index is 0.683. The summed E-state index contributed by atoms with van der Waals surface area (Å²) in [5, 5.41) is 9.16. The summed E-state index contributed by atoms with van der Waals surface area (Å²) in [5.74, 6) is 0. The minimum absolute atomic E-state index is 0.683. The molecule has 0 aliphatic rings. The first-order valence-electron chi connectivity index (χ1n) is 6.75. The highest BCUT2D eigenvalue weighted by molar-refractivity contribution is 6.33. The molecule has 0 aliphatic carbocycles. The molecule has 2 rings (SSSR count). The number of rotatable bonds is 5. The Morgan fingerprint density at radius 2 is 2.00 bits per heavy atom. The zero-order chi connectivity index (χ0) is 14.7. The molecule has 5 heteroatoms. The van der Waals surface area contributed by atoms with Crippen LogP contribution < -0.4 is 5.32 Å². The van der Waals surface area contributed by atoms with E-state index in [1.807, 2.05) is 26.0 Å². The van der Waals surface area contributed by atoms with E-state index in [2.05, 4.69) is 23.4 Å². The summed E-state index contributed by atoms with van der Waals surface area (Å²) >= 11 is 12.6. The lowest BCUT2D eigenvalue weighted by molar-refractivity contribution is 0.675. The third-order valence-corrected chi connectivity index (χ3v) is 4.05. The lowest BCUT2D eigenvalue weighted by Crippen LogP contribution is -2.13. The number of hydrogen-bond acceptors (Lipinski definition) is 2. The van der Waals surface area contributed by atoms with Gasteiger partial charge in [-0.1, -0.05) is 36.2 Å². The largest absolute Gasteiger partial charge is 0.313 e. The molecule has 0 atom stereocenters. The molecule has 108 valence electrons. The summed E-state index contributed by atoms with van der Waals surface area (Å²) in [6.45, 7) is 7.81. The first-order valence-corrected chi connectivity index (χ1v) is 7.51. The minimum Gasteiger partial charge on any atom is -0.313 e. The predicted molar refractivity (Wildman–Crippen MR) is 85.1 cm³/mol. The molecule has 0 aliphatic heterocycles. The standard InChI is InChI=1S/C15H19Cl2N3/c1-4-7-18-9-12-5-6-14(13(16)8-12)20-11(3)15(17)10(2)19-20/h5-6,8,18H,4,7,9H2,1-3H3. The number of aromatic nitrogens is 2. The Balaban J connectivity index is 2.27. The highest BCUT2D eigenvalue weighted by atomic mass is 35.5. The maximum atomic E-state index is 6.38. The molecular weight excluding hydrogens is 293 g/mol. The van der Waals surface area contributed by atoms with Gasteiger partial charge in [0.1, 0.15) is 0 Å². The lowest BCUT2D eigenvalue weighted by Gasteiger charge is -2.09. The molecule has 0 saturated carbocycles. The Bertz CT molecular complexity index is 605. The maximum absolute atomic E-state index is 6.38. The van der Waals surface area contributed by atoms with Gasteiger partial charge >= 0.3 is 0 Å². The van der Waals surface area contributed by atoms with Crippen molar-refractivity contribution in [2.45, 2.75) is 33.7 Å². The van der Waals surface area contributed by atoms with E-state index in [1.165, 1.54) is 5.56 Å². The average molecular weight is 312 g/mol. The summed E-state index contributed by atoms with van der Waals surface area (Å²) in [5.41, 5.74) is 3.75. The topological polar surface area (TPSA) is 29.9 Å². The van der Waals surface area contributed by atoms with Crippen molar-refractivity contribution in [1.29, 1.82) is 0 Å². The first-order chi connectivity index (χ1) is 9.54. The molecule has 0 bridgehead atoms. The van der Waals surface area contributed by atoms with E-state index in [9.17, 15) is 0 Å². The van der Waals surface area contributed by atoms with Gasteiger partial charge in [-0.25, -0.2) is 4.68 Å². The summed E-state index contributed by atoms with van der Waals surface area (Å²) in [6, 6.07) is 6.03. The van der Waals surface area contributed by atoms with E-state index in [0.717, 1.165) is 36.6 Å². The molecule has 0 saturated heterocycles. The molecule has 0 spiro atoms. The monoisotopic (exact) mass is 311 g/mol. The van der Waals surface area contributed by atoms with Gasteiger partial charge in [0, 0.05) is 6.54 Å². The van der Waals surface area contributed by atoms with Crippen LogP contribution in [0.3, 0.4) is 0 Å². The molecule has 3 nitrogen and oxygen atoms in total. The number of nitrogens with zero attached hydrogens (tertiary/aromatic N) is 2. The number of nitrogens with one attached hydrogen (secondary N) is 1. The number of aryl methyl sites for hydroxylation is 1. The van der Waals surface area contributed by atoms with Crippen molar-refractivity contribution in [2.24, 2.45) is 0 Å². The van der Waals surface area contributed by atoms with Gasteiger partial charge in [0.2, 0.25) is 0 Å². The van der Waals surface area contributed by atoms with Crippen LogP contribution in [0, 0.1) is 13.8 Å². The highest BCUT2D eigenvalue weighted by Gasteiger charge is 2.13. The maximum Gasteiger partial charge on any atom is 0.0848 e. The molecular formula is C15H19Cl2N3. The first kappa shape index (κ1) is 15.4. The van der Waals surface area contributed by atoms with E-state index in [-0.39, 0.29) is 0 Å². The van der Waals surface area contributed by atoms with E-state index >= 15 is 0 Å². The van der Waals surface area contributed by atoms with Crippen LogP contribution in [0.2, 0.25) is 10.0 Å². The van der Waals surface area contributed by atoms with Crippen molar-refractivity contribution in [1.82, 2.24) is 15.1 Å². The van der Waals surface area contributed by atoms with Crippen LogP contribution in [0.25, 0.3) is 5.69 Å².